The van der Waals surface area contributed by atoms with Crippen molar-refractivity contribution >= 4 is 5.97 Å². The molecular weight excluding hydrogens is 328 g/mol. The van der Waals surface area contributed by atoms with Gasteiger partial charge in [0, 0.05) is 11.8 Å². The number of carboxylic acid groups (broad SMARTS) is 1. The fourth-order valence-corrected chi connectivity index (χ4v) is 1.88. The van der Waals surface area contributed by atoms with Gasteiger partial charge in [0.2, 0.25) is 0 Å². The van der Waals surface area contributed by atoms with E-state index in [0.29, 0.717) is 12.1 Å². The van der Waals surface area contributed by atoms with Crippen LogP contribution in [0.25, 0.3) is 11.1 Å². The van der Waals surface area contributed by atoms with Crippen molar-refractivity contribution in [2.24, 2.45) is 0 Å². The van der Waals surface area contributed by atoms with Crippen LogP contribution in [0.5, 0.6) is 0 Å². The summed E-state index contributed by atoms with van der Waals surface area (Å²) in [4.78, 5) is 14.2. The fraction of sp³-hybridized carbons (Fsp3) is 0.143. The van der Waals surface area contributed by atoms with E-state index in [1.165, 1.54) is 0 Å². The molecule has 0 aliphatic heterocycles. The van der Waals surface area contributed by atoms with Crippen LogP contribution in [0.1, 0.15) is 21.6 Å². The summed E-state index contributed by atoms with van der Waals surface area (Å²) >= 11 is 0. The average molecular weight is 335 g/mol. The number of halogens is 6. The monoisotopic (exact) mass is 335 g/mol. The summed E-state index contributed by atoms with van der Waals surface area (Å²) in [6.45, 7) is 0. The molecule has 0 atom stereocenters. The van der Waals surface area contributed by atoms with E-state index in [2.05, 4.69) is 4.98 Å². The van der Waals surface area contributed by atoms with Crippen LogP contribution in [-0.4, -0.2) is 16.1 Å². The Kier molecular flexibility index (Phi) is 4.06. The topological polar surface area (TPSA) is 50.2 Å². The molecule has 0 fully saturated rings. The highest BCUT2D eigenvalue weighted by molar-refractivity contribution is 5.91. The molecule has 0 amide bonds. The highest BCUT2D eigenvalue weighted by Gasteiger charge is 2.35. The maximum absolute atomic E-state index is 12.7. The predicted molar refractivity (Wildman–Crippen MR) is 66.6 cm³/mol. The average Bonchev–Trinajstić information content (AvgIpc) is 2.45. The number of alkyl halides is 6. The van der Waals surface area contributed by atoms with E-state index in [-0.39, 0.29) is 11.1 Å². The minimum absolute atomic E-state index is 0.0108. The van der Waals surface area contributed by atoms with Crippen molar-refractivity contribution in [2.75, 3.05) is 0 Å². The maximum atomic E-state index is 12.7. The first-order valence-corrected chi connectivity index (χ1v) is 5.98. The van der Waals surface area contributed by atoms with Gasteiger partial charge < -0.3 is 5.11 Å². The smallest absolute Gasteiger partial charge is 0.433 e. The van der Waals surface area contributed by atoms with Gasteiger partial charge in [0.25, 0.3) is 0 Å². The van der Waals surface area contributed by atoms with Crippen LogP contribution < -0.4 is 0 Å². The maximum Gasteiger partial charge on any atom is 0.433 e. The van der Waals surface area contributed by atoms with E-state index in [1.807, 2.05) is 0 Å². The van der Waals surface area contributed by atoms with E-state index < -0.39 is 35.1 Å². The molecule has 0 saturated carbocycles. The molecule has 0 aliphatic rings. The van der Waals surface area contributed by atoms with Gasteiger partial charge in [-0.2, -0.15) is 26.3 Å². The van der Waals surface area contributed by atoms with Crippen LogP contribution in [0.3, 0.4) is 0 Å². The number of nitrogens with zero attached hydrogens (tertiary/aromatic N) is 1. The van der Waals surface area contributed by atoms with Crippen molar-refractivity contribution in [2.45, 2.75) is 12.4 Å². The lowest BCUT2D eigenvalue weighted by molar-refractivity contribution is -0.141. The van der Waals surface area contributed by atoms with Crippen molar-refractivity contribution < 1.29 is 36.2 Å². The molecule has 0 unspecified atom stereocenters. The van der Waals surface area contributed by atoms with E-state index >= 15 is 0 Å². The molecule has 2 rings (SSSR count). The molecule has 1 N–H and O–H groups in total. The number of carbonyl (C=O) groups is 1. The molecule has 2 aromatic rings. The third-order valence-corrected chi connectivity index (χ3v) is 2.94. The predicted octanol–water partition coefficient (Wildman–Crippen LogP) is 4.48. The number of hydrogen-bond donors (Lipinski definition) is 1. The molecule has 122 valence electrons. The van der Waals surface area contributed by atoms with Gasteiger partial charge in [0.1, 0.15) is 5.69 Å². The van der Waals surface area contributed by atoms with Gasteiger partial charge in [-0.3, -0.25) is 4.98 Å². The molecule has 0 radical (unpaired) electrons. The molecule has 1 aromatic carbocycles. The van der Waals surface area contributed by atoms with Gasteiger partial charge in [-0.15, -0.1) is 0 Å². The van der Waals surface area contributed by atoms with Crippen molar-refractivity contribution in [3.63, 3.8) is 0 Å². The number of pyridine rings is 1. The fourth-order valence-electron chi connectivity index (χ4n) is 1.88. The summed E-state index contributed by atoms with van der Waals surface area (Å²) < 4.78 is 75.4. The molecular formula is C14H7F6NO2. The van der Waals surface area contributed by atoms with Crippen molar-refractivity contribution in [3.05, 3.63) is 53.3 Å². The summed E-state index contributed by atoms with van der Waals surface area (Å²) in [5, 5.41) is 8.89. The molecule has 23 heavy (non-hydrogen) atoms. The second-order valence-electron chi connectivity index (χ2n) is 4.49. The number of aromatic carboxylic acids is 1. The minimum Gasteiger partial charge on any atom is -0.478 e. The third-order valence-electron chi connectivity index (χ3n) is 2.94. The Labute approximate surface area is 125 Å². The Morgan fingerprint density at radius 1 is 0.913 bits per heavy atom. The molecule has 0 spiro atoms. The van der Waals surface area contributed by atoms with Crippen molar-refractivity contribution in [3.8, 4) is 11.1 Å². The third kappa shape index (κ3) is 3.61. The molecule has 0 saturated heterocycles. The summed E-state index contributed by atoms with van der Waals surface area (Å²) in [6, 6.07) is 3.95. The van der Waals surface area contributed by atoms with Gasteiger partial charge in [0.15, 0.2) is 0 Å². The van der Waals surface area contributed by atoms with Crippen LogP contribution in [-0.2, 0) is 12.4 Å². The van der Waals surface area contributed by atoms with Crippen molar-refractivity contribution in [1.29, 1.82) is 0 Å². The van der Waals surface area contributed by atoms with E-state index in [4.69, 9.17) is 5.11 Å². The highest BCUT2D eigenvalue weighted by atomic mass is 19.4. The SMILES string of the molecule is O=C(O)c1cc(-c2ccc(C(F)(F)F)nc2)ccc1C(F)(F)F. The van der Waals surface area contributed by atoms with Crippen LogP contribution in [0.15, 0.2) is 36.5 Å². The molecule has 1 heterocycles. The lowest BCUT2D eigenvalue weighted by Crippen LogP contribution is -2.13. The van der Waals surface area contributed by atoms with Crippen LogP contribution in [0, 0.1) is 0 Å². The number of carboxylic acids is 1. The second-order valence-corrected chi connectivity index (χ2v) is 4.49. The Morgan fingerprint density at radius 3 is 1.96 bits per heavy atom. The first-order chi connectivity index (χ1) is 10.5. The van der Waals surface area contributed by atoms with Gasteiger partial charge in [0.05, 0.1) is 11.1 Å². The number of rotatable bonds is 2. The minimum atomic E-state index is -4.86. The van der Waals surface area contributed by atoms with Gasteiger partial charge in [-0.05, 0) is 23.8 Å². The zero-order valence-electron chi connectivity index (χ0n) is 11.0. The summed E-state index contributed by atoms with van der Waals surface area (Å²) in [5.74, 6) is -1.79. The highest BCUT2D eigenvalue weighted by Crippen LogP contribution is 2.35. The van der Waals surface area contributed by atoms with Crippen LogP contribution in [0.4, 0.5) is 26.3 Å². The quantitative estimate of drug-likeness (QED) is 0.823. The molecule has 9 heteroatoms. The van der Waals surface area contributed by atoms with Gasteiger partial charge in [-0.25, -0.2) is 4.79 Å². The Morgan fingerprint density at radius 2 is 1.52 bits per heavy atom. The number of hydrogen-bond acceptors (Lipinski definition) is 2. The van der Waals surface area contributed by atoms with Gasteiger partial charge in [-0.1, -0.05) is 12.1 Å². The Bertz CT molecular complexity index is 734. The normalized spacial score (nSPS) is 12.3. The number of aromatic nitrogens is 1. The van der Waals surface area contributed by atoms with Gasteiger partial charge >= 0.3 is 18.3 Å². The summed E-state index contributed by atoms with van der Waals surface area (Å²) in [6.07, 6.45) is -8.69. The van der Waals surface area contributed by atoms with Crippen LogP contribution in [0.2, 0.25) is 0 Å². The van der Waals surface area contributed by atoms with E-state index in [0.717, 1.165) is 24.4 Å². The Hall–Kier alpha value is -2.58. The Balaban J connectivity index is 2.49. The first kappa shape index (κ1) is 16.8. The van der Waals surface area contributed by atoms with E-state index in [1.54, 1.807) is 0 Å². The first-order valence-electron chi connectivity index (χ1n) is 5.98. The molecule has 0 bridgehead atoms. The van der Waals surface area contributed by atoms with Crippen molar-refractivity contribution in [1.82, 2.24) is 4.98 Å². The summed E-state index contributed by atoms with van der Waals surface area (Å²) in [7, 11) is 0. The molecule has 3 nitrogen and oxygen atoms in total. The lowest BCUT2D eigenvalue weighted by atomic mass is 9.99. The largest absolute Gasteiger partial charge is 0.478 e. The van der Waals surface area contributed by atoms with E-state index in [9.17, 15) is 31.1 Å². The summed E-state index contributed by atoms with van der Waals surface area (Å²) in [5.41, 5.74) is -3.42. The molecule has 1 aromatic heterocycles. The lowest BCUT2D eigenvalue weighted by Gasteiger charge is -2.12. The molecule has 0 aliphatic carbocycles. The number of benzene rings is 1. The standard InChI is InChI=1S/C14H7F6NO2/c15-13(16,17)10-3-1-7(5-9(10)12(22)23)8-2-4-11(21-6-8)14(18,19)20/h1-6H,(H,22,23). The second kappa shape index (κ2) is 5.56. The zero-order valence-corrected chi connectivity index (χ0v) is 11.0. The zero-order chi connectivity index (χ0) is 17.4. The van der Waals surface area contributed by atoms with Crippen LogP contribution >= 0.6 is 0 Å².